The molecule has 1 aliphatic heterocycles. The van der Waals surface area contributed by atoms with Crippen molar-refractivity contribution in [1.29, 1.82) is 0 Å². The van der Waals surface area contributed by atoms with E-state index in [0.717, 1.165) is 12.4 Å². The molecule has 1 aromatic heterocycles. The zero-order valence-corrected chi connectivity index (χ0v) is 14.9. The normalized spacial score (nSPS) is 21.5. The Bertz CT molecular complexity index is 618. The molecule has 1 aliphatic rings. The molecule has 0 amide bonds. The van der Waals surface area contributed by atoms with E-state index in [1.165, 1.54) is 24.7 Å². The van der Waals surface area contributed by atoms with E-state index in [9.17, 15) is 13.5 Å². The number of hydrogen-bond donors (Lipinski definition) is 2. The van der Waals surface area contributed by atoms with E-state index in [1.807, 2.05) is 11.8 Å². The number of nitrogens with zero attached hydrogens (tertiary/aromatic N) is 5. The smallest absolute Gasteiger partial charge is 0.290 e. The summed E-state index contributed by atoms with van der Waals surface area (Å²) in [5, 5.41) is 21.1. The molecule has 1 fully saturated rings. The van der Waals surface area contributed by atoms with Gasteiger partial charge in [0.15, 0.2) is 0 Å². The first kappa shape index (κ1) is 20.5. The van der Waals surface area contributed by atoms with Crippen LogP contribution < -0.4 is 0 Å². The van der Waals surface area contributed by atoms with Gasteiger partial charge in [0.05, 0.1) is 18.4 Å². The van der Waals surface area contributed by atoms with Gasteiger partial charge < -0.3 is 10.2 Å². The number of carbonyl (C=O) groups is 1. The SMILES string of the molecule is CCn1ncnc1CN1C[C@@H](CS(=O)(=O)N(C)C)[C@H](O)C1.O=CO. The van der Waals surface area contributed by atoms with Gasteiger partial charge in [0, 0.05) is 39.6 Å². The fraction of sp³-hybridized carbons (Fsp3) is 0.769. The van der Waals surface area contributed by atoms with Gasteiger partial charge in [-0.3, -0.25) is 9.69 Å². The Kier molecular flexibility index (Phi) is 7.73. The second kappa shape index (κ2) is 9.06. The summed E-state index contributed by atoms with van der Waals surface area (Å²) in [7, 11) is -0.275. The minimum absolute atomic E-state index is 0.0296. The molecule has 2 rings (SSSR count). The molecule has 24 heavy (non-hydrogen) atoms. The molecule has 1 saturated heterocycles. The first-order valence-corrected chi connectivity index (χ1v) is 9.11. The minimum Gasteiger partial charge on any atom is -0.483 e. The van der Waals surface area contributed by atoms with Crippen molar-refractivity contribution in [2.24, 2.45) is 5.92 Å². The summed E-state index contributed by atoms with van der Waals surface area (Å²) in [6.45, 7) is 4.06. The summed E-state index contributed by atoms with van der Waals surface area (Å²) in [5.74, 6) is 0.536. The number of β-amino-alcohol motifs (C(OH)–C–C–N with tert-alkyl or cyclic N) is 1. The average molecular weight is 363 g/mol. The van der Waals surface area contributed by atoms with E-state index in [2.05, 4.69) is 10.1 Å². The summed E-state index contributed by atoms with van der Waals surface area (Å²) >= 11 is 0. The average Bonchev–Trinajstić information content (AvgIpc) is 3.06. The van der Waals surface area contributed by atoms with Crippen molar-refractivity contribution in [3.05, 3.63) is 12.2 Å². The van der Waals surface area contributed by atoms with Gasteiger partial charge in [0.2, 0.25) is 10.0 Å². The molecule has 0 aromatic carbocycles. The van der Waals surface area contributed by atoms with Gasteiger partial charge in [-0.25, -0.2) is 22.4 Å². The molecule has 2 atom stereocenters. The lowest BCUT2D eigenvalue weighted by molar-refractivity contribution is -0.122. The second-order valence-corrected chi connectivity index (χ2v) is 7.91. The van der Waals surface area contributed by atoms with Crippen LogP contribution in [0.2, 0.25) is 0 Å². The van der Waals surface area contributed by atoms with E-state index >= 15 is 0 Å². The molecule has 0 spiro atoms. The number of aromatic nitrogens is 3. The van der Waals surface area contributed by atoms with Gasteiger partial charge in [-0.1, -0.05) is 0 Å². The van der Waals surface area contributed by atoms with Crippen LogP contribution >= 0.6 is 0 Å². The number of likely N-dealkylation sites (tertiary alicyclic amines) is 1. The largest absolute Gasteiger partial charge is 0.483 e. The van der Waals surface area contributed by atoms with Crippen molar-refractivity contribution in [3.63, 3.8) is 0 Å². The lowest BCUT2D eigenvalue weighted by atomic mass is 10.1. The van der Waals surface area contributed by atoms with E-state index in [4.69, 9.17) is 9.90 Å². The van der Waals surface area contributed by atoms with Gasteiger partial charge in [0.1, 0.15) is 12.2 Å². The first-order chi connectivity index (χ1) is 11.2. The van der Waals surface area contributed by atoms with E-state index in [-0.39, 0.29) is 18.1 Å². The fourth-order valence-electron chi connectivity index (χ4n) is 2.53. The molecule has 0 radical (unpaired) electrons. The molecule has 0 bridgehead atoms. The molecule has 11 heteroatoms. The summed E-state index contributed by atoms with van der Waals surface area (Å²) in [6, 6.07) is 0. The Hall–Kier alpha value is -1.56. The minimum atomic E-state index is -3.30. The van der Waals surface area contributed by atoms with Crippen molar-refractivity contribution in [2.75, 3.05) is 32.9 Å². The molecule has 10 nitrogen and oxygen atoms in total. The Morgan fingerprint density at radius 3 is 2.58 bits per heavy atom. The molecule has 0 saturated carbocycles. The lowest BCUT2D eigenvalue weighted by Crippen LogP contribution is -2.33. The van der Waals surface area contributed by atoms with Gasteiger partial charge in [-0.05, 0) is 6.92 Å². The molecule has 0 aliphatic carbocycles. The quantitative estimate of drug-likeness (QED) is 0.596. The van der Waals surface area contributed by atoms with Crippen LogP contribution in [0, 0.1) is 5.92 Å². The molecule has 0 unspecified atom stereocenters. The fourth-order valence-corrected chi connectivity index (χ4v) is 3.70. The van der Waals surface area contributed by atoms with Gasteiger partial charge in [0.25, 0.3) is 6.47 Å². The number of aliphatic hydroxyl groups excluding tert-OH is 1. The second-order valence-electron chi connectivity index (χ2n) is 5.68. The zero-order valence-electron chi connectivity index (χ0n) is 14.1. The van der Waals surface area contributed by atoms with Crippen LogP contribution in [-0.4, -0.2) is 88.1 Å². The van der Waals surface area contributed by atoms with Crippen LogP contribution in [0.15, 0.2) is 6.33 Å². The highest BCUT2D eigenvalue weighted by Crippen LogP contribution is 2.21. The third-order valence-corrected chi connectivity index (χ3v) is 5.79. The zero-order chi connectivity index (χ0) is 18.3. The third kappa shape index (κ3) is 5.51. The molecular weight excluding hydrogens is 338 g/mol. The Morgan fingerprint density at radius 2 is 2.04 bits per heavy atom. The van der Waals surface area contributed by atoms with Gasteiger partial charge in [-0.15, -0.1) is 0 Å². The number of aryl methyl sites for hydroxylation is 1. The van der Waals surface area contributed by atoms with Crippen molar-refractivity contribution in [3.8, 4) is 0 Å². The van der Waals surface area contributed by atoms with Crippen molar-refractivity contribution < 1.29 is 23.4 Å². The standard InChI is InChI=1S/C12H23N5O3S.CH2O2/c1-4-17-12(13-9-14-17)7-16-5-10(11(18)6-16)8-21(19,20)15(2)3;2-1-3/h9-11,18H,4-8H2,1-3H3;1H,(H,2,3)/t10-,11+;/m0./s1. The van der Waals surface area contributed by atoms with E-state index < -0.39 is 16.1 Å². The number of rotatable bonds is 6. The summed E-state index contributed by atoms with van der Waals surface area (Å²) in [5.41, 5.74) is 0. The maximum absolute atomic E-state index is 11.9. The monoisotopic (exact) mass is 363 g/mol. The van der Waals surface area contributed by atoms with Gasteiger partial charge in [-0.2, -0.15) is 5.10 Å². The lowest BCUT2D eigenvalue weighted by Gasteiger charge is -2.17. The van der Waals surface area contributed by atoms with Crippen LogP contribution in [-0.2, 0) is 27.9 Å². The van der Waals surface area contributed by atoms with Crippen molar-refractivity contribution >= 4 is 16.5 Å². The highest BCUT2D eigenvalue weighted by Gasteiger charge is 2.35. The highest BCUT2D eigenvalue weighted by molar-refractivity contribution is 7.89. The van der Waals surface area contributed by atoms with Crippen LogP contribution in [0.3, 0.4) is 0 Å². The predicted octanol–water partition coefficient (Wildman–Crippen LogP) is -1.32. The Morgan fingerprint density at radius 1 is 1.42 bits per heavy atom. The third-order valence-electron chi connectivity index (χ3n) is 3.82. The summed E-state index contributed by atoms with van der Waals surface area (Å²) in [4.78, 5) is 14.6. The Balaban J connectivity index is 0.000000891. The number of carboxylic acid groups (broad SMARTS) is 1. The maximum atomic E-state index is 11.9. The van der Waals surface area contributed by atoms with Crippen molar-refractivity contribution in [1.82, 2.24) is 24.0 Å². The molecular formula is C13H25N5O5S. The van der Waals surface area contributed by atoms with Crippen LogP contribution in [0.1, 0.15) is 12.7 Å². The molecule has 2 N–H and O–H groups in total. The molecule has 1 aromatic rings. The van der Waals surface area contributed by atoms with Crippen LogP contribution in [0.4, 0.5) is 0 Å². The molecule has 138 valence electrons. The number of aliphatic hydroxyl groups is 1. The number of sulfonamides is 1. The van der Waals surface area contributed by atoms with Crippen LogP contribution in [0.25, 0.3) is 0 Å². The summed E-state index contributed by atoms with van der Waals surface area (Å²) < 4.78 is 26.9. The topological polar surface area (TPSA) is 129 Å². The Labute approximate surface area is 141 Å². The highest BCUT2D eigenvalue weighted by atomic mass is 32.2. The van der Waals surface area contributed by atoms with E-state index in [0.29, 0.717) is 19.6 Å². The molecule has 2 heterocycles. The predicted molar refractivity (Wildman–Crippen MR) is 86.6 cm³/mol. The maximum Gasteiger partial charge on any atom is 0.290 e. The van der Waals surface area contributed by atoms with Crippen LogP contribution in [0.5, 0.6) is 0 Å². The first-order valence-electron chi connectivity index (χ1n) is 7.50. The summed E-state index contributed by atoms with van der Waals surface area (Å²) in [6.07, 6.45) is 0.886. The van der Waals surface area contributed by atoms with Crippen molar-refractivity contribution in [2.45, 2.75) is 26.1 Å². The number of hydrogen-bond acceptors (Lipinski definition) is 7. The van der Waals surface area contributed by atoms with E-state index in [1.54, 1.807) is 4.68 Å². The van der Waals surface area contributed by atoms with Gasteiger partial charge >= 0.3 is 0 Å².